The van der Waals surface area contributed by atoms with Crippen LogP contribution in [-0.2, 0) is 28.6 Å². The number of rotatable bonds is 41. The zero-order valence-electron chi connectivity index (χ0n) is 37.1. The molecule has 0 radical (unpaired) electrons. The van der Waals surface area contributed by atoms with Crippen molar-refractivity contribution in [3.05, 3.63) is 72.9 Å². The quantitative estimate of drug-likeness (QED) is 0.0202. The van der Waals surface area contributed by atoms with E-state index in [0.717, 1.165) is 109 Å². The average Bonchev–Trinajstić information content (AvgIpc) is 3.21. The summed E-state index contributed by atoms with van der Waals surface area (Å²) in [7, 11) is 0. The molecule has 1 unspecified atom stereocenters. The third-order valence-electron chi connectivity index (χ3n) is 9.70. The zero-order chi connectivity index (χ0) is 41.5. The first-order chi connectivity index (χ1) is 28.0. The second kappa shape index (κ2) is 45.6. The maximum absolute atomic E-state index is 12.7. The van der Waals surface area contributed by atoms with Crippen LogP contribution in [0.25, 0.3) is 0 Å². The van der Waals surface area contributed by atoms with Crippen molar-refractivity contribution in [2.24, 2.45) is 0 Å². The van der Waals surface area contributed by atoms with Gasteiger partial charge in [0.2, 0.25) is 0 Å². The summed E-state index contributed by atoms with van der Waals surface area (Å²) in [5, 5.41) is 0. The molecule has 0 fully saturated rings. The molecule has 0 aliphatic rings. The maximum Gasteiger partial charge on any atom is 0.306 e. The van der Waals surface area contributed by atoms with Crippen LogP contribution < -0.4 is 0 Å². The highest BCUT2D eigenvalue weighted by Crippen LogP contribution is 2.14. The molecule has 57 heavy (non-hydrogen) atoms. The van der Waals surface area contributed by atoms with E-state index >= 15 is 0 Å². The molecular weight excluding hydrogens is 709 g/mol. The van der Waals surface area contributed by atoms with E-state index in [-0.39, 0.29) is 31.1 Å². The third kappa shape index (κ3) is 43.8. The van der Waals surface area contributed by atoms with E-state index < -0.39 is 6.10 Å². The number of carbonyl (C=O) groups excluding carboxylic acids is 3. The lowest BCUT2D eigenvalue weighted by atomic mass is 10.1. The summed E-state index contributed by atoms with van der Waals surface area (Å²) in [5.41, 5.74) is 0. The Hall–Kier alpha value is -3.15. The fraction of sp³-hybridized carbons (Fsp3) is 0.706. The van der Waals surface area contributed by atoms with Gasteiger partial charge in [-0.1, -0.05) is 177 Å². The van der Waals surface area contributed by atoms with Gasteiger partial charge in [-0.25, -0.2) is 0 Å². The van der Waals surface area contributed by atoms with Gasteiger partial charge in [0, 0.05) is 19.3 Å². The highest BCUT2D eigenvalue weighted by molar-refractivity contribution is 5.71. The SMILES string of the molecule is CC/C=C\C/C=C\CCCCCCCCCC(=O)OCC(COC(=O)CCCCC/C=C\C=C/CCCC)OC(=O)CCCCCCCCC/C=C\C/C=C\CC. The van der Waals surface area contributed by atoms with Crippen molar-refractivity contribution in [1.29, 1.82) is 0 Å². The van der Waals surface area contributed by atoms with Crippen LogP contribution in [0.2, 0.25) is 0 Å². The number of carbonyl (C=O) groups is 3. The molecule has 6 nitrogen and oxygen atoms in total. The van der Waals surface area contributed by atoms with Crippen molar-refractivity contribution in [2.75, 3.05) is 13.2 Å². The minimum Gasteiger partial charge on any atom is -0.462 e. The summed E-state index contributed by atoms with van der Waals surface area (Å²) in [5.74, 6) is -0.942. The van der Waals surface area contributed by atoms with Gasteiger partial charge in [-0.15, -0.1) is 0 Å². The topological polar surface area (TPSA) is 78.9 Å². The molecule has 0 heterocycles. The monoisotopic (exact) mass is 795 g/mol. The van der Waals surface area contributed by atoms with Gasteiger partial charge in [0.25, 0.3) is 0 Å². The Labute approximate surface area is 351 Å². The summed E-state index contributed by atoms with van der Waals surface area (Å²) in [6.45, 7) is 6.32. The minimum atomic E-state index is -0.791. The van der Waals surface area contributed by atoms with Gasteiger partial charge in [-0.05, 0) is 89.9 Å². The van der Waals surface area contributed by atoms with Gasteiger partial charge in [0.05, 0.1) is 0 Å². The van der Waals surface area contributed by atoms with E-state index in [1.807, 2.05) is 0 Å². The van der Waals surface area contributed by atoms with Gasteiger partial charge in [-0.2, -0.15) is 0 Å². The maximum atomic E-state index is 12.7. The van der Waals surface area contributed by atoms with Gasteiger partial charge >= 0.3 is 17.9 Å². The molecule has 0 aromatic heterocycles. The van der Waals surface area contributed by atoms with E-state index in [0.29, 0.717) is 19.3 Å². The van der Waals surface area contributed by atoms with Crippen LogP contribution in [0.1, 0.15) is 213 Å². The van der Waals surface area contributed by atoms with Gasteiger partial charge < -0.3 is 14.2 Å². The number of esters is 3. The van der Waals surface area contributed by atoms with E-state index in [2.05, 4.69) is 93.7 Å². The molecule has 0 aliphatic carbocycles. The fourth-order valence-corrected chi connectivity index (χ4v) is 6.20. The molecule has 0 saturated carbocycles. The molecule has 6 heteroatoms. The lowest BCUT2D eigenvalue weighted by Crippen LogP contribution is -2.30. The van der Waals surface area contributed by atoms with Crippen LogP contribution in [0.15, 0.2) is 72.9 Å². The Bertz CT molecular complexity index is 1100. The van der Waals surface area contributed by atoms with Crippen molar-refractivity contribution >= 4 is 17.9 Å². The van der Waals surface area contributed by atoms with Gasteiger partial charge in [-0.3, -0.25) is 14.4 Å². The van der Waals surface area contributed by atoms with Gasteiger partial charge in [0.1, 0.15) is 13.2 Å². The highest BCUT2D eigenvalue weighted by Gasteiger charge is 2.19. The standard InChI is InChI=1S/C51H86O6/c1-4-7-10-13-16-19-22-24-26-29-32-35-38-41-44-50(53)56-47-48(46-55-49(52)43-40-37-34-31-28-21-18-15-12-9-6-3)57-51(54)45-42-39-36-33-30-27-25-23-20-17-14-11-8-5-2/h7-8,10-11,15-21,28,48H,4-6,9,12-14,22-27,29-47H2,1-3H3/b10-7-,11-8-,18-15-,19-16-,20-17-,28-21-. The van der Waals surface area contributed by atoms with Crippen LogP contribution >= 0.6 is 0 Å². The van der Waals surface area contributed by atoms with E-state index in [1.165, 1.54) is 64.2 Å². The Morgan fingerprint density at radius 3 is 1.18 bits per heavy atom. The molecule has 1 atom stereocenters. The molecule has 0 saturated heterocycles. The molecule has 0 amide bonds. The molecule has 0 bridgehead atoms. The van der Waals surface area contributed by atoms with Crippen molar-refractivity contribution in [1.82, 2.24) is 0 Å². The molecular formula is C51H86O6. The Morgan fingerprint density at radius 2 is 0.737 bits per heavy atom. The smallest absolute Gasteiger partial charge is 0.306 e. The van der Waals surface area contributed by atoms with Crippen LogP contribution in [0.4, 0.5) is 0 Å². The minimum absolute atomic E-state index is 0.0922. The summed E-state index contributed by atoms with van der Waals surface area (Å²) >= 11 is 0. The summed E-state index contributed by atoms with van der Waals surface area (Å²) in [6, 6.07) is 0. The molecule has 326 valence electrons. The van der Waals surface area contributed by atoms with Crippen LogP contribution in [0.5, 0.6) is 0 Å². The largest absolute Gasteiger partial charge is 0.462 e. The predicted molar refractivity (Wildman–Crippen MR) is 242 cm³/mol. The predicted octanol–water partition coefficient (Wildman–Crippen LogP) is 15.1. The van der Waals surface area contributed by atoms with Gasteiger partial charge in [0.15, 0.2) is 6.10 Å². The lowest BCUT2D eigenvalue weighted by molar-refractivity contribution is -0.167. The van der Waals surface area contributed by atoms with Crippen molar-refractivity contribution in [3.63, 3.8) is 0 Å². The third-order valence-corrected chi connectivity index (χ3v) is 9.70. The van der Waals surface area contributed by atoms with Crippen molar-refractivity contribution < 1.29 is 28.6 Å². The van der Waals surface area contributed by atoms with Crippen LogP contribution in [-0.4, -0.2) is 37.2 Å². The summed E-state index contributed by atoms with van der Waals surface area (Å²) in [6.07, 6.45) is 56.0. The number of allylic oxidation sites excluding steroid dienone is 12. The fourth-order valence-electron chi connectivity index (χ4n) is 6.20. The molecule has 0 N–H and O–H groups in total. The average molecular weight is 795 g/mol. The molecule has 0 aromatic rings. The number of unbranched alkanes of at least 4 members (excludes halogenated alkanes) is 19. The summed E-state index contributed by atoms with van der Waals surface area (Å²) < 4.78 is 16.7. The summed E-state index contributed by atoms with van der Waals surface area (Å²) in [4.78, 5) is 37.8. The van der Waals surface area contributed by atoms with E-state index in [4.69, 9.17) is 14.2 Å². The lowest BCUT2D eigenvalue weighted by Gasteiger charge is -2.18. The first-order valence-corrected chi connectivity index (χ1v) is 23.5. The molecule has 0 rings (SSSR count). The first-order valence-electron chi connectivity index (χ1n) is 23.5. The first kappa shape index (κ1) is 53.9. The highest BCUT2D eigenvalue weighted by atomic mass is 16.6. The number of hydrogen-bond acceptors (Lipinski definition) is 6. The number of hydrogen-bond donors (Lipinski definition) is 0. The van der Waals surface area contributed by atoms with Crippen molar-refractivity contribution in [2.45, 2.75) is 219 Å². The Morgan fingerprint density at radius 1 is 0.386 bits per heavy atom. The zero-order valence-corrected chi connectivity index (χ0v) is 37.1. The normalized spacial score (nSPS) is 12.7. The molecule has 0 spiro atoms. The second-order valence-electron chi connectivity index (χ2n) is 15.3. The second-order valence-corrected chi connectivity index (χ2v) is 15.3. The van der Waals surface area contributed by atoms with E-state index in [1.54, 1.807) is 0 Å². The Balaban J connectivity index is 4.43. The molecule has 0 aliphatic heterocycles. The van der Waals surface area contributed by atoms with E-state index in [9.17, 15) is 14.4 Å². The Kier molecular flexibility index (Phi) is 43.0. The van der Waals surface area contributed by atoms with Crippen LogP contribution in [0.3, 0.4) is 0 Å². The van der Waals surface area contributed by atoms with Crippen LogP contribution in [0, 0.1) is 0 Å². The van der Waals surface area contributed by atoms with Crippen molar-refractivity contribution in [3.8, 4) is 0 Å². The molecule has 0 aromatic carbocycles. The number of ether oxygens (including phenoxy) is 3.